The Morgan fingerprint density at radius 2 is 1.17 bits per heavy atom. The minimum atomic E-state index is -5.36. The minimum absolute atomic E-state index is 0. The predicted molar refractivity (Wildman–Crippen MR) is 188 cm³/mol. The molecule has 5 rings (SSSR count). The van der Waals surface area contributed by atoms with E-state index in [9.17, 15) is 48.6 Å². The Balaban J connectivity index is 0.00000696. The maximum Gasteiger partial charge on any atom is 1.00 e. The van der Waals surface area contributed by atoms with Gasteiger partial charge in [-0.3, -0.25) is 5.04 Å². The van der Waals surface area contributed by atoms with Crippen LogP contribution in [0.4, 0.5) is 61.8 Å². The van der Waals surface area contributed by atoms with Gasteiger partial charge in [0.25, 0.3) is 0 Å². The number of azo groups is 2. The molecular weight excluding hydrogens is 922 g/mol. The second-order valence-corrected chi connectivity index (χ2v) is 15.0. The third-order valence-corrected chi connectivity index (χ3v) is 9.93. The van der Waals surface area contributed by atoms with Crippen LogP contribution in [0.5, 0.6) is 0 Å². The predicted octanol–water partition coefficient (Wildman–Crippen LogP) is -7.91. The Bertz CT molecular complexity index is 2710. The summed E-state index contributed by atoms with van der Waals surface area (Å²) in [5.41, 5.74) is 8.59. The van der Waals surface area contributed by atoms with E-state index in [4.69, 9.17) is 11.5 Å². The molecule has 1 heterocycles. The van der Waals surface area contributed by atoms with Crippen molar-refractivity contribution in [3.05, 3.63) is 78.9 Å². The number of anilines is 6. The van der Waals surface area contributed by atoms with Crippen LogP contribution in [0.3, 0.4) is 0 Å². The number of rotatable bonds is 14. The number of hydrogen-bond acceptors (Lipinski definition) is 24. The quantitative estimate of drug-likeness (QED) is 0.0153. The number of nitrogen functional groups attached to an aromatic ring is 2. The first-order chi connectivity index (χ1) is 25.8. The van der Waals surface area contributed by atoms with E-state index >= 15 is 0 Å². The molecule has 0 spiro atoms. The Hall–Kier alpha value is -1.82. The molecule has 0 saturated carbocycles. The van der Waals surface area contributed by atoms with Crippen LogP contribution in [0.1, 0.15) is 7.43 Å². The Morgan fingerprint density at radius 3 is 1.77 bits per heavy atom. The van der Waals surface area contributed by atoms with E-state index in [2.05, 4.69) is 55.4 Å². The molecule has 60 heavy (non-hydrogen) atoms. The van der Waals surface area contributed by atoms with Crippen molar-refractivity contribution in [3.63, 3.8) is 0 Å². The van der Waals surface area contributed by atoms with Crippen LogP contribution in [-0.4, -0.2) is 53.9 Å². The largest absolute Gasteiger partial charge is 1.00 e. The summed E-state index contributed by atoms with van der Waals surface area (Å²) in [4.78, 5) is 8.35. The summed E-state index contributed by atoms with van der Waals surface area (Å²) in [5.74, 6) is -0.993. The van der Waals surface area contributed by atoms with E-state index < -0.39 is 91.5 Å². The van der Waals surface area contributed by atoms with Crippen molar-refractivity contribution in [2.45, 2.75) is 27.0 Å². The fraction of sp³-hybridized carbons (Fsp3) is 0.0357. The maximum absolute atomic E-state index is 14.4. The van der Waals surface area contributed by atoms with Gasteiger partial charge in [0.05, 0.1) is 48.7 Å². The molecule has 23 nitrogen and oxygen atoms in total. The van der Waals surface area contributed by atoms with Crippen molar-refractivity contribution in [3.8, 4) is 0 Å². The van der Waals surface area contributed by atoms with Gasteiger partial charge in [-0.1, -0.05) is 31.7 Å². The fourth-order valence-corrected chi connectivity index (χ4v) is 6.59. The van der Waals surface area contributed by atoms with E-state index in [1.807, 2.05) is 0 Å². The fourth-order valence-electron chi connectivity index (χ4n) is 4.32. The molecule has 0 aliphatic carbocycles. The molecular formula is C28H22FN11Na4O12S4. The Kier molecular flexibility index (Phi) is 24.1. The summed E-state index contributed by atoms with van der Waals surface area (Å²) in [6.07, 6.45) is -1.35. The molecule has 0 aliphatic heterocycles. The second-order valence-electron chi connectivity index (χ2n) is 10.2. The third kappa shape index (κ3) is 15.5. The Labute approximate surface area is 433 Å². The molecule has 296 valence electrons. The third-order valence-electron chi connectivity index (χ3n) is 6.62. The van der Waals surface area contributed by atoms with Crippen molar-refractivity contribution in [1.29, 1.82) is 0 Å². The zero-order chi connectivity index (χ0) is 40.1. The number of aromatic nitrogens is 3. The molecule has 0 atom stereocenters. The van der Waals surface area contributed by atoms with E-state index in [1.165, 1.54) is 48.5 Å². The number of nitrogens with one attached hydrogen (secondary N) is 2. The van der Waals surface area contributed by atoms with Crippen LogP contribution in [0.15, 0.2) is 113 Å². The molecule has 4 aromatic carbocycles. The SMILES string of the molecule is C.Nc1c(N=Nc2ccccc2S(=O)(=O)[O-])cc(S(=O)(=O)[O-])c(N)c1N=Nc1cc(Nc2nc(F)nc(Nc3ccccc3S(=O)(=O)[O-])n2)ccc1SOO[O-].[Na+].[Na+].[Na+].[Na+]. The van der Waals surface area contributed by atoms with Gasteiger partial charge in [0.2, 0.25) is 11.9 Å². The molecule has 1 aromatic heterocycles. The summed E-state index contributed by atoms with van der Waals surface area (Å²) in [6.45, 7) is 0. The molecule has 0 unspecified atom stereocenters. The molecule has 0 bridgehead atoms. The first kappa shape index (κ1) is 58.2. The van der Waals surface area contributed by atoms with Crippen molar-refractivity contribution in [2.75, 3.05) is 22.1 Å². The zero-order valence-electron chi connectivity index (χ0n) is 30.6. The average molecular weight is 944 g/mol. The first-order valence-corrected chi connectivity index (χ1v) is 19.2. The van der Waals surface area contributed by atoms with Crippen LogP contribution in [0, 0.1) is 6.08 Å². The van der Waals surface area contributed by atoms with Gasteiger partial charge in [-0.15, -0.1) is 20.5 Å². The number of nitrogens with two attached hydrogens (primary N) is 2. The molecule has 6 N–H and O–H groups in total. The van der Waals surface area contributed by atoms with Crippen molar-refractivity contribution >= 4 is 99.8 Å². The minimum Gasteiger partial charge on any atom is -0.744 e. The maximum atomic E-state index is 14.4. The topological polar surface area (TPSA) is 377 Å². The zero-order valence-corrected chi connectivity index (χ0v) is 41.9. The summed E-state index contributed by atoms with van der Waals surface area (Å²) in [5, 5.41) is 34.2. The summed E-state index contributed by atoms with van der Waals surface area (Å²) in [6, 6.07) is 13.9. The van der Waals surface area contributed by atoms with Gasteiger partial charge in [-0.25, -0.2) is 25.3 Å². The normalized spacial score (nSPS) is 11.3. The van der Waals surface area contributed by atoms with Crippen LogP contribution in [0.25, 0.3) is 0 Å². The van der Waals surface area contributed by atoms with Gasteiger partial charge in [-0.05, 0) is 48.5 Å². The van der Waals surface area contributed by atoms with E-state index in [1.54, 1.807) is 0 Å². The van der Waals surface area contributed by atoms with Crippen LogP contribution in [-0.2, 0) is 39.7 Å². The van der Waals surface area contributed by atoms with Crippen molar-refractivity contribution < 1.29 is 176 Å². The van der Waals surface area contributed by atoms with Crippen LogP contribution in [0.2, 0.25) is 0 Å². The molecule has 5 aromatic rings. The van der Waals surface area contributed by atoms with Gasteiger partial charge in [0.1, 0.15) is 53.1 Å². The van der Waals surface area contributed by atoms with Crippen LogP contribution < -0.4 is 146 Å². The second kappa shape index (κ2) is 24.9. The summed E-state index contributed by atoms with van der Waals surface area (Å²) < 4.78 is 125. The van der Waals surface area contributed by atoms with Crippen molar-refractivity contribution in [1.82, 2.24) is 15.0 Å². The first-order valence-electron chi connectivity index (χ1n) is 14.2. The monoisotopic (exact) mass is 943 g/mol. The molecule has 0 amide bonds. The van der Waals surface area contributed by atoms with E-state index in [0.717, 1.165) is 18.2 Å². The van der Waals surface area contributed by atoms with Gasteiger partial charge in [-0.2, -0.15) is 23.7 Å². The molecule has 0 fully saturated rings. The average Bonchev–Trinajstić information content (AvgIpc) is 3.09. The summed E-state index contributed by atoms with van der Waals surface area (Å²) in [7, 11) is -15.3. The van der Waals surface area contributed by atoms with Crippen LogP contribution >= 0.6 is 12.0 Å². The van der Waals surface area contributed by atoms with Gasteiger partial charge in [0, 0.05) is 5.69 Å². The van der Waals surface area contributed by atoms with E-state index in [0.29, 0.717) is 18.1 Å². The Morgan fingerprint density at radius 1 is 0.633 bits per heavy atom. The molecule has 32 heteroatoms. The molecule has 0 radical (unpaired) electrons. The molecule has 0 aliphatic rings. The summed E-state index contributed by atoms with van der Waals surface area (Å²) >= 11 is 0.316. The van der Waals surface area contributed by atoms with E-state index in [-0.39, 0.29) is 148 Å². The number of benzene rings is 4. The number of halogens is 1. The number of hydrogen-bond donors (Lipinski definition) is 4. The molecule has 0 saturated heterocycles. The smallest absolute Gasteiger partial charge is 0.744 e. The van der Waals surface area contributed by atoms with Crippen molar-refractivity contribution in [2.24, 2.45) is 20.5 Å². The standard InChI is InChI=1S/C27H22FN11O12S4.CH4.4Na/c28-25-33-26(35-27(34-25)32-14-5-1-3-7-19(14)53(41,42)43)31-13-9-10-18(52-51-50-40)16(11-13)37-39-24-22(29)17(12-21(23(24)30)55(47,48)49)38-36-15-6-2-4-8-20(15)54(44,45)46;;;;;/h1-12,40H,29-30H2,(H,41,42,43)(H,44,45,46)(H,47,48,49)(H2,31,32,33,34,35);1H4;;;;/q;;4*+1/p-4. The van der Waals surface area contributed by atoms with Gasteiger partial charge < -0.3 is 41.0 Å². The van der Waals surface area contributed by atoms with Gasteiger partial charge >= 0.3 is 124 Å². The van der Waals surface area contributed by atoms with Gasteiger partial charge in [0.15, 0.2) is 0 Å². The number of para-hydroxylation sites is 1. The number of nitrogens with zero attached hydrogens (tertiary/aromatic N) is 7.